The van der Waals surface area contributed by atoms with Crippen LogP contribution >= 0.6 is 11.3 Å². The third-order valence-electron chi connectivity index (χ3n) is 2.79. The van der Waals surface area contributed by atoms with E-state index in [1.54, 1.807) is 23.3 Å². The van der Waals surface area contributed by atoms with Crippen LogP contribution in [-0.4, -0.2) is 20.4 Å². The molecule has 1 amide bonds. The Labute approximate surface area is 119 Å². The summed E-state index contributed by atoms with van der Waals surface area (Å²) in [5.74, 6) is -0.165. The van der Waals surface area contributed by atoms with Crippen LogP contribution in [0.15, 0.2) is 54.4 Å². The Morgan fingerprint density at radius 2 is 2.15 bits per heavy atom. The summed E-state index contributed by atoms with van der Waals surface area (Å²) in [6.07, 6.45) is 4.91. The number of nitrogens with one attached hydrogen (secondary N) is 1. The van der Waals surface area contributed by atoms with Gasteiger partial charge in [-0.3, -0.25) is 9.36 Å². The fourth-order valence-corrected chi connectivity index (χ4v) is 2.40. The van der Waals surface area contributed by atoms with E-state index in [0.29, 0.717) is 12.2 Å². The summed E-state index contributed by atoms with van der Waals surface area (Å²) >= 11 is 1.51. The van der Waals surface area contributed by atoms with Crippen LogP contribution in [-0.2, 0) is 6.54 Å². The molecule has 2 aromatic heterocycles. The van der Waals surface area contributed by atoms with Crippen molar-refractivity contribution in [1.29, 1.82) is 0 Å². The Morgan fingerprint density at radius 1 is 1.30 bits per heavy atom. The molecule has 0 spiro atoms. The van der Waals surface area contributed by atoms with Gasteiger partial charge in [0.05, 0.1) is 19.1 Å². The van der Waals surface area contributed by atoms with Crippen LogP contribution in [0.25, 0.3) is 5.69 Å². The molecular formula is C14H12N4OS. The molecule has 2 heterocycles. The predicted octanol–water partition coefficient (Wildman–Crippen LogP) is 2.26. The van der Waals surface area contributed by atoms with E-state index in [4.69, 9.17) is 0 Å². The summed E-state index contributed by atoms with van der Waals surface area (Å²) in [5.41, 5.74) is 1.41. The predicted molar refractivity (Wildman–Crippen MR) is 76.8 cm³/mol. The molecular weight excluding hydrogens is 272 g/mol. The van der Waals surface area contributed by atoms with E-state index in [1.807, 2.05) is 35.7 Å². The molecule has 5 nitrogen and oxygen atoms in total. The molecule has 0 aliphatic heterocycles. The van der Waals surface area contributed by atoms with E-state index in [1.165, 1.54) is 11.3 Å². The first-order chi connectivity index (χ1) is 9.84. The quantitative estimate of drug-likeness (QED) is 0.799. The zero-order valence-corrected chi connectivity index (χ0v) is 11.4. The van der Waals surface area contributed by atoms with Crippen LogP contribution < -0.4 is 5.32 Å². The molecule has 0 radical (unpaired) electrons. The summed E-state index contributed by atoms with van der Waals surface area (Å²) < 4.78 is 1.76. The van der Waals surface area contributed by atoms with E-state index >= 15 is 0 Å². The van der Waals surface area contributed by atoms with Crippen molar-refractivity contribution in [3.8, 4) is 5.69 Å². The van der Waals surface area contributed by atoms with Gasteiger partial charge in [-0.25, -0.2) is 9.97 Å². The molecule has 0 bridgehead atoms. The van der Waals surface area contributed by atoms with Gasteiger partial charge in [0.2, 0.25) is 0 Å². The highest BCUT2D eigenvalue weighted by molar-refractivity contribution is 7.09. The number of thiazole rings is 1. The number of hydrogen-bond donors (Lipinski definition) is 1. The number of carbonyl (C=O) groups is 1. The lowest BCUT2D eigenvalue weighted by molar-refractivity contribution is 0.0944. The lowest BCUT2D eigenvalue weighted by Gasteiger charge is -2.07. The fourth-order valence-electron chi connectivity index (χ4n) is 1.84. The van der Waals surface area contributed by atoms with E-state index in [9.17, 15) is 4.79 Å². The number of carbonyl (C=O) groups excluding carboxylic acids is 1. The highest BCUT2D eigenvalue weighted by atomic mass is 32.1. The average Bonchev–Trinajstić information content (AvgIpc) is 3.17. The smallest absolute Gasteiger partial charge is 0.270 e. The van der Waals surface area contributed by atoms with Gasteiger partial charge in [-0.05, 0) is 12.1 Å². The second kappa shape index (κ2) is 5.66. The van der Waals surface area contributed by atoms with E-state index in [-0.39, 0.29) is 5.91 Å². The van der Waals surface area contributed by atoms with Crippen molar-refractivity contribution in [2.45, 2.75) is 6.54 Å². The van der Waals surface area contributed by atoms with Gasteiger partial charge in [0, 0.05) is 17.3 Å². The molecule has 3 rings (SSSR count). The Balaban J connectivity index is 1.77. The van der Waals surface area contributed by atoms with Crippen LogP contribution in [0.3, 0.4) is 0 Å². The molecule has 3 aromatic rings. The first kappa shape index (κ1) is 12.6. The van der Waals surface area contributed by atoms with Gasteiger partial charge >= 0.3 is 0 Å². The second-order valence-corrected chi connectivity index (χ2v) is 5.07. The first-order valence-corrected chi connectivity index (χ1v) is 6.97. The number of benzene rings is 1. The summed E-state index contributed by atoms with van der Waals surface area (Å²) in [6, 6.07) is 9.64. The van der Waals surface area contributed by atoms with Crippen molar-refractivity contribution in [2.75, 3.05) is 0 Å². The van der Waals surface area contributed by atoms with E-state index in [2.05, 4.69) is 15.3 Å². The largest absolute Gasteiger partial charge is 0.344 e. The molecule has 20 heavy (non-hydrogen) atoms. The topological polar surface area (TPSA) is 59.8 Å². The molecule has 0 saturated carbocycles. The molecule has 0 saturated heterocycles. The van der Waals surface area contributed by atoms with Crippen molar-refractivity contribution in [3.63, 3.8) is 0 Å². The van der Waals surface area contributed by atoms with Crippen LogP contribution in [0.1, 0.15) is 15.5 Å². The SMILES string of the molecule is O=C(NCc1nccs1)c1cncn1-c1ccccc1. The third-order valence-corrected chi connectivity index (χ3v) is 3.57. The number of rotatable bonds is 4. The number of hydrogen-bond acceptors (Lipinski definition) is 4. The Morgan fingerprint density at radius 3 is 2.90 bits per heavy atom. The minimum atomic E-state index is -0.165. The van der Waals surface area contributed by atoms with Crippen molar-refractivity contribution in [1.82, 2.24) is 19.9 Å². The van der Waals surface area contributed by atoms with Gasteiger partial charge in [-0.1, -0.05) is 18.2 Å². The number of para-hydroxylation sites is 1. The highest BCUT2D eigenvalue weighted by Crippen LogP contribution is 2.11. The number of aromatic nitrogens is 3. The number of imidazole rings is 1. The maximum atomic E-state index is 12.2. The van der Waals surface area contributed by atoms with E-state index in [0.717, 1.165) is 10.7 Å². The summed E-state index contributed by atoms with van der Waals surface area (Å²) in [6.45, 7) is 0.427. The van der Waals surface area contributed by atoms with Crippen molar-refractivity contribution in [2.24, 2.45) is 0 Å². The van der Waals surface area contributed by atoms with Crippen molar-refractivity contribution < 1.29 is 4.79 Å². The van der Waals surface area contributed by atoms with Crippen molar-refractivity contribution >= 4 is 17.2 Å². The number of amides is 1. The molecule has 0 aliphatic rings. The molecule has 0 atom stereocenters. The van der Waals surface area contributed by atoms with Crippen LogP contribution in [0.5, 0.6) is 0 Å². The monoisotopic (exact) mass is 284 g/mol. The lowest BCUT2D eigenvalue weighted by atomic mass is 10.3. The van der Waals surface area contributed by atoms with Crippen LogP contribution in [0, 0.1) is 0 Å². The van der Waals surface area contributed by atoms with Gasteiger partial charge in [0.25, 0.3) is 5.91 Å². The average molecular weight is 284 g/mol. The molecule has 0 aliphatic carbocycles. The second-order valence-electron chi connectivity index (χ2n) is 4.09. The molecule has 1 aromatic carbocycles. The Hall–Kier alpha value is -2.47. The molecule has 1 N–H and O–H groups in total. The molecule has 0 fully saturated rings. The summed E-state index contributed by atoms with van der Waals surface area (Å²) in [4.78, 5) is 20.4. The highest BCUT2D eigenvalue weighted by Gasteiger charge is 2.12. The van der Waals surface area contributed by atoms with Crippen molar-refractivity contribution in [3.05, 3.63) is 65.1 Å². The minimum absolute atomic E-state index is 0.165. The van der Waals surface area contributed by atoms with Gasteiger partial charge in [0.15, 0.2) is 0 Å². The van der Waals surface area contributed by atoms with Crippen LogP contribution in [0.2, 0.25) is 0 Å². The summed E-state index contributed by atoms with van der Waals surface area (Å²) in [7, 11) is 0. The Bertz CT molecular complexity index is 691. The van der Waals surface area contributed by atoms with Gasteiger partial charge in [0.1, 0.15) is 10.7 Å². The Kier molecular flexibility index (Phi) is 3.56. The first-order valence-electron chi connectivity index (χ1n) is 6.09. The maximum Gasteiger partial charge on any atom is 0.270 e. The zero-order valence-electron chi connectivity index (χ0n) is 10.6. The van der Waals surface area contributed by atoms with E-state index < -0.39 is 0 Å². The standard InChI is InChI=1S/C14H12N4OS/c19-14(17-9-13-16-6-7-20-13)12-8-15-10-18(12)11-4-2-1-3-5-11/h1-8,10H,9H2,(H,17,19). The molecule has 6 heteroatoms. The lowest BCUT2D eigenvalue weighted by Crippen LogP contribution is -2.24. The van der Waals surface area contributed by atoms with Gasteiger partial charge in [-0.15, -0.1) is 11.3 Å². The maximum absolute atomic E-state index is 12.2. The molecule has 0 unspecified atom stereocenters. The number of nitrogens with zero attached hydrogens (tertiary/aromatic N) is 3. The molecule has 100 valence electrons. The van der Waals surface area contributed by atoms with Gasteiger partial charge < -0.3 is 5.32 Å². The third kappa shape index (κ3) is 2.60. The van der Waals surface area contributed by atoms with Gasteiger partial charge in [-0.2, -0.15) is 0 Å². The minimum Gasteiger partial charge on any atom is -0.344 e. The van der Waals surface area contributed by atoms with Crippen LogP contribution in [0.4, 0.5) is 0 Å². The normalized spacial score (nSPS) is 10.4. The summed E-state index contributed by atoms with van der Waals surface area (Å²) in [5, 5.41) is 5.61. The zero-order chi connectivity index (χ0) is 13.8. The fraction of sp³-hybridized carbons (Fsp3) is 0.0714.